The van der Waals surface area contributed by atoms with Gasteiger partial charge in [0, 0.05) is 18.6 Å². The van der Waals surface area contributed by atoms with Gasteiger partial charge in [0.15, 0.2) is 0 Å². The molecule has 1 rings (SSSR count). The summed E-state index contributed by atoms with van der Waals surface area (Å²) in [6, 6.07) is 0. The van der Waals surface area contributed by atoms with Gasteiger partial charge in [-0.25, -0.2) is 0 Å². The number of aryl methyl sites for hydroxylation is 1. The number of aromatic nitrogens is 2. The van der Waals surface area contributed by atoms with Crippen LogP contribution in [0.15, 0.2) is 18.6 Å². The molecule has 0 radical (unpaired) electrons. The lowest BCUT2D eigenvalue weighted by molar-refractivity contribution is 0.321. The Labute approximate surface area is 80.4 Å². The summed E-state index contributed by atoms with van der Waals surface area (Å²) in [5.74, 6) is 0. The Morgan fingerprint density at radius 2 is 2.08 bits per heavy atom. The van der Waals surface area contributed by atoms with Crippen molar-refractivity contribution in [3.63, 3.8) is 0 Å². The molecule has 0 amide bonds. The van der Waals surface area contributed by atoms with Gasteiger partial charge >= 0.3 is 0 Å². The molecule has 0 saturated heterocycles. The Bertz CT molecular complexity index is 242. The smallest absolute Gasteiger partial charge is 0.0586 e. The molecule has 2 nitrogen and oxygen atoms in total. The van der Waals surface area contributed by atoms with Gasteiger partial charge in [-0.3, -0.25) is 9.97 Å². The molecular formula is C11H18N2. The van der Waals surface area contributed by atoms with Crippen molar-refractivity contribution < 1.29 is 0 Å². The maximum Gasteiger partial charge on any atom is 0.0586 e. The van der Waals surface area contributed by atoms with Crippen LogP contribution in [0.1, 0.15) is 39.3 Å². The quantitative estimate of drug-likeness (QED) is 0.708. The van der Waals surface area contributed by atoms with E-state index in [-0.39, 0.29) is 0 Å². The number of hydrogen-bond donors (Lipinski definition) is 0. The molecule has 2 heteroatoms. The molecule has 0 aliphatic heterocycles. The van der Waals surface area contributed by atoms with Crippen LogP contribution in [0.4, 0.5) is 0 Å². The first-order valence-corrected chi connectivity index (χ1v) is 4.89. The first kappa shape index (κ1) is 10.2. The van der Waals surface area contributed by atoms with Crippen LogP contribution in [-0.4, -0.2) is 9.97 Å². The molecule has 0 aromatic carbocycles. The molecule has 1 heterocycles. The fourth-order valence-electron chi connectivity index (χ4n) is 1.10. The normalized spacial score (nSPS) is 11.6. The van der Waals surface area contributed by atoms with Crippen LogP contribution in [0.2, 0.25) is 0 Å². The highest BCUT2D eigenvalue weighted by atomic mass is 14.8. The van der Waals surface area contributed by atoms with Crippen molar-refractivity contribution in [2.45, 2.75) is 40.0 Å². The average molecular weight is 178 g/mol. The minimum Gasteiger partial charge on any atom is -0.261 e. The van der Waals surface area contributed by atoms with E-state index in [1.165, 1.54) is 12.8 Å². The van der Waals surface area contributed by atoms with Crippen LogP contribution in [0.5, 0.6) is 0 Å². The largest absolute Gasteiger partial charge is 0.261 e. The molecule has 0 aliphatic carbocycles. The van der Waals surface area contributed by atoms with Crippen molar-refractivity contribution in [2.24, 2.45) is 5.41 Å². The van der Waals surface area contributed by atoms with Crippen molar-refractivity contribution in [1.29, 1.82) is 0 Å². The van der Waals surface area contributed by atoms with Gasteiger partial charge in [-0.05, 0) is 18.3 Å². The van der Waals surface area contributed by atoms with E-state index in [4.69, 9.17) is 0 Å². The summed E-state index contributed by atoms with van der Waals surface area (Å²) in [6.45, 7) is 6.82. The molecule has 0 bridgehead atoms. The van der Waals surface area contributed by atoms with Crippen LogP contribution in [-0.2, 0) is 6.42 Å². The number of nitrogens with zero attached hydrogens (tertiary/aromatic N) is 2. The molecule has 1 aromatic rings. The predicted molar refractivity (Wildman–Crippen MR) is 54.4 cm³/mol. The highest BCUT2D eigenvalue weighted by Gasteiger charge is 2.14. The van der Waals surface area contributed by atoms with Crippen LogP contribution in [0.3, 0.4) is 0 Å². The molecule has 0 N–H and O–H groups in total. The van der Waals surface area contributed by atoms with Crippen molar-refractivity contribution in [2.75, 3.05) is 0 Å². The van der Waals surface area contributed by atoms with Crippen LogP contribution >= 0.6 is 0 Å². The lowest BCUT2D eigenvalue weighted by atomic mass is 9.85. The molecule has 0 aliphatic rings. The lowest BCUT2D eigenvalue weighted by Crippen LogP contribution is -2.11. The fraction of sp³-hybridized carbons (Fsp3) is 0.636. The Balaban J connectivity index is 2.44. The Hall–Kier alpha value is -0.920. The van der Waals surface area contributed by atoms with Crippen LogP contribution in [0.25, 0.3) is 0 Å². The monoisotopic (exact) mass is 178 g/mol. The summed E-state index contributed by atoms with van der Waals surface area (Å²) in [4.78, 5) is 8.30. The van der Waals surface area contributed by atoms with Gasteiger partial charge < -0.3 is 0 Å². The zero-order valence-corrected chi connectivity index (χ0v) is 8.75. The van der Waals surface area contributed by atoms with Gasteiger partial charge in [0.05, 0.1) is 5.69 Å². The van der Waals surface area contributed by atoms with E-state index in [0.29, 0.717) is 5.41 Å². The molecule has 1 aromatic heterocycles. The van der Waals surface area contributed by atoms with E-state index in [1.54, 1.807) is 12.4 Å². The molecular weight excluding hydrogens is 160 g/mol. The third kappa shape index (κ3) is 3.53. The maximum absolute atomic E-state index is 4.25. The molecule has 0 fully saturated rings. The second-order valence-corrected chi connectivity index (χ2v) is 4.21. The lowest BCUT2D eigenvalue weighted by Gasteiger charge is -2.21. The maximum atomic E-state index is 4.25. The van der Waals surface area contributed by atoms with Crippen LogP contribution < -0.4 is 0 Å². The summed E-state index contributed by atoms with van der Waals surface area (Å²) in [5.41, 5.74) is 1.53. The molecule has 0 spiro atoms. The van der Waals surface area contributed by atoms with Gasteiger partial charge in [-0.1, -0.05) is 27.2 Å². The molecule has 0 atom stereocenters. The summed E-state index contributed by atoms with van der Waals surface area (Å²) in [6.07, 6.45) is 8.76. The van der Waals surface area contributed by atoms with Crippen molar-refractivity contribution in [3.8, 4) is 0 Å². The van der Waals surface area contributed by atoms with Gasteiger partial charge in [0.2, 0.25) is 0 Å². The molecule has 0 unspecified atom stereocenters. The molecule has 13 heavy (non-hydrogen) atoms. The van der Waals surface area contributed by atoms with E-state index in [2.05, 4.69) is 30.7 Å². The van der Waals surface area contributed by atoms with Crippen molar-refractivity contribution >= 4 is 0 Å². The second kappa shape index (κ2) is 4.35. The SMILES string of the molecule is CCC(C)(C)CCc1cnccn1. The Morgan fingerprint density at radius 1 is 1.31 bits per heavy atom. The van der Waals surface area contributed by atoms with Crippen molar-refractivity contribution in [3.05, 3.63) is 24.3 Å². The third-order valence-corrected chi connectivity index (χ3v) is 2.63. The number of rotatable bonds is 4. The van der Waals surface area contributed by atoms with Crippen molar-refractivity contribution in [1.82, 2.24) is 9.97 Å². The van der Waals surface area contributed by atoms with E-state index in [9.17, 15) is 0 Å². The van der Waals surface area contributed by atoms with Gasteiger partial charge in [0.1, 0.15) is 0 Å². The summed E-state index contributed by atoms with van der Waals surface area (Å²) >= 11 is 0. The zero-order valence-electron chi connectivity index (χ0n) is 8.75. The topological polar surface area (TPSA) is 25.8 Å². The highest BCUT2D eigenvalue weighted by Crippen LogP contribution is 2.25. The first-order chi connectivity index (χ1) is 6.14. The Morgan fingerprint density at radius 3 is 2.62 bits per heavy atom. The summed E-state index contributed by atoms with van der Waals surface area (Å²) in [5, 5.41) is 0. The predicted octanol–water partition coefficient (Wildman–Crippen LogP) is 2.85. The summed E-state index contributed by atoms with van der Waals surface area (Å²) in [7, 11) is 0. The van der Waals surface area contributed by atoms with Crippen LogP contribution in [0, 0.1) is 5.41 Å². The highest BCUT2D eigenvalue weighted by molar-refractivity contribution is 4.95. The third-order valence-electron chi connectivity index (χ3n) is 2.63. The fourth-order valence-corrected chi connectivity index (χ4v) is 1.10. The van der Waals surface area contributed by atoms with E-state index >= 15 is 0 Å². The molecule has 0 saturated carbocycles. The minimum absolute atomic E-state index is 0.428. The Kier molecular flexibility index (Phi) is 3.40. The first-order valence-electron chi connectivity index (χ1n) is 4.89. The van der Waals surface area contributed by atoms with Gasteiger partial charge in [0.25, 0.3) is 0 Å². The summed E-state index contributed by atoms with van der Waals surface area (Å²) < 4.78 is 0. The second-order valence-electron chi connectivity index (χ2n) is 4.21. The molecule has 72 valence electrons. The van der Waals surface area contributed by atoms with E-state index in [0.717, 1.165) is 12.1 Å². The van der Waals surface area contributed by atoms with Gasteiger partial charge in [-0.2, -0.15) is 0 Å². The average Bonchev–Trinajstić information content (AvgIpc) is 2.17. The standard InChI is InChI=1S/C11H18N2/c1-4-11(2,3)6-5-10-9-12-7-8-13-10/h7-9H,4-6H2,1-3H3. The minimum atomic E-state index is 0.428. The van der Waals surface area contributed by atoms with E-state index in [1.807, 2.05) is 6.20 Å². The van der Waals surface area contributed by atoms with E-state index < -0.39 is 0 Å². The number of hydrogen-bond acceptors (Lipinski definition) is 2. The van der Waals surface area contributed by atoms with Gasteiger partial charge in [-0.15, -0.1) is 0 Å². The zero-order chi connectivity index (χ0) is 9.73.